The van der Waals surface area contributed by atoms with E-state index in [0.29, 0.717) is 11.5 Å². The lowest BCUT2D eigenvalue weighted by Gasteiger charge is -2.22. The molecule has 0 radical (unpaired) electrons. The molecule has 0 aliphatic carbocycles. The fraction of sp³-hybridized carbons (Fsp3) is 0.625. The van der Waals surface area contributed by atoms with E-state index >= 15 is 0 Å². The molecule has 0 fully saturated rings. The lowest BCUT2D eigenvalue weighted by atomic mass is 9.84. The molecule has 0 amide bonds. The van der Waals surface area contributed by atoms with Crippen molar-refractivity contribution in [1.29, 1.82) is 0 Å². The monoisotopic (exact) mass is 466 g/mol. The van der Waals surface area contributed by atoms with Crippen LogP contribution in [0.2, 0.25) is 0 Å². The van der Waals surface area contributed by atoms with Crippen molar-refractivity contribution in [3.8, 4) is 11.5 Å². The van der Waals surface area contributed by atoms with E-state index in [1.807, 2.05) is 13.8 Å². The summed E-state index contributed by atoms with van der Waals surface area (Å²) in [5, 5.41) is 20.9. The van der Waals surface area contributed by atoms with Gasteiger partial charge in [-0.1, -0.05) is 104 Å². The van der Waals surface area contributed by atoms with Crippen molar-refractivity contribution in [1.82, 2.24) is 0 Å². The molecule has 2 aromatic rings. The molecule has 34 heavy (non-hydrogen) atoms. The molecule has 2 nitrogen and oxygen atoms in total. The third kappa shape index (κ3) is 8.36. The number of phenols is 2. The quantitative estimate of drug-likeness (QED) is 0.324. The van der Waals surface area contributed by atoms with Gasteiger partial charge in [-0.05, 0) is 83.7 Å². The molecular weight excluding hydrogens is 416 g/mol. The highest BCUT2D eigenvalue weighted by molar-refractivity contribution is 5.46. The van der Waals surface area contributed by atoms with Crippen molar-refractivity contribution in [3.63, 3.8) is 0 Å². The zero-order chi connectivity index (χ0) is 25.5. The van der Waals surface area contributed by atoms with Crippen molar-refractivity contribution in [3.05, 3.63) is 57.6 Å². The van der Waals surface area contributed by atoms with Gasteiger partial charge in [0.2, 0.25) is 0 Å². The summed E-state index contributed by atoms with van der Waals surface area (Å²) in [4.78, 5) is 0. The van der Waals surface area contributed by atoms with Gasteiger partial charge in [-0.3, -0.25) is 0 Å². The maximum absolute atomic E-state index is 10.5. The topological polar surface area (TPSA) is 40.5 Å². The van der Waals surface area contributed by atoms with Gasteiger partial charge >= 0.3 is 0 Å². The fourth-order valence-corrected chi connectivity index (χ4v) is 4.64. The lowest BCUT2D eigenvalue weighted by molar-refractivity contribution is 0.458. The SMILES string of the molecule is Cc1cc(C(C)(C)C)cc(CCCCCCCCCCc2cc(C(C)(C)C)cc(C)c2O)c1O. The van der Waals surface area contributed by atoms with Crippen LogP contribution in [0.25, 0.3) is 0 Å². The normalized spacial score (nSPS) is 12.4. The minimum atomic E-state index is 0.111. The van der Waals surface area contributed by atoms with Gasteiger partial charge < -0.3 is 10.2 Å². The molecule has 0 aliphatic rings. The maximum Gasteiger partial charge on any atom is 0.121 e. The van der Waals surface area contributed by atoms with Crippen molar-refractivity contribution in [2.24, 2.45) is 0 Å². The van der Waals surface area contributed by atoms with E-state index in [0.717, 1.165) is 47.9 Å². The summed E-state index contributed by atoms with van der Waals surface area (Å²) in [6, 6.07) is 8.67. The third-order valence-corrected chi connectivity index (χ3v) is 7.13. The first-order valence-electron chi connectivity index (χ1n) is 13.5. The molecule has 190 valence electrons. The van der Waals surface area contributed by atoms with Crippen molar-refractivity contribution < 1.29 is 10.2 Å². The highest BCUT2D eigenvalue weighted by Crippen LogP contribution is 2.33. The van der Waals surface area contributed by atoms with Crippen molar-refractivity contribution in [2.75, 3.05) is 0 Å². The van der Waals surface area contributed by atoms with Crippen LogP contribution >= 0.6 is 0 Å². The standard InChI is InChI=1S/C32H50O2/c1-23-19-27(31(3,4)5)21-25(29(23)33)17-15-13-11-9-10-12-14-16-18-26-22-28(32(6,7)8)20-24(2)30(26)34/h19-22,33-34H,9-18H2,1-8H3. The molecule has 2 heteroatoms. The zero-order valence-electron chi connectivity index (χ0n) is 23.3. The maximum atomic E-state index is 10.5. The third-order valence-electron chi connectivity index (χ3n) is 7.13. The van der Waals surface area contributed by atoms with Gasteiger partial charge in [-0.2, -0.15) is 0 Å². The molecule has 0 aliphatic heterocycles. The molecule has 0 bridgehead atoms. The second-order valence-corrected chi connectivity index (χ2v) is 12.4. The van der Waals surface area contributed by atoms with Crippen molar-refractivity contribution in [2.45, 2.75) is 130 Å². The number of rotatable bonds is 11. The Morgan fingerprint density at radius 3 is 1.09 bits per heavy atom. The molecule has 0 spiro atoms. The second-order valence-electron chi connectivity index (χ2n) is 12.4. The zero-order valence-corrected chi connectivity index (χ0v) is 23.3. The number of unbranched alkanes of at least 4 members (excludes halogenated alkanes) is 7. The van der Waals surface area contributed by atoms with Gasteiger partial charge in [0, 0.05) is 0 Å². The van der Waals surface area contributed by atoms with Gasteiger partial charge in [0.1, 0.15) is 11.5 Å². The van der Waals surface area contributed by atoms with Crippen LogP contribution in [-0.2, 0) is 23.7 Å². The number of phenolic OH excluding ortho intramolecular Hbond substituents is 2. The van der Waals surface area contributed by atoms with E-state index < -0.39 is 0 Å². The number of hydrogen-bond acceptors (Lipinski definition) is 2. The Bertz CT molecular complexity index is 848. The Morgan fingerprint density at radius 2 is 0.794 bits per heavy atom. The molecule has 2 N–H and O–H groups in total. The average Bonchev–Trinajstić information content (AvgIpc) is 2.73. The summed E-state index contributed by atoms with van der Waals surface area (Å²) in [6.07, 6.45) is 11.8. The summed E-state index contributed by atoms with van der Waals surface area (Å²) in [6.45, 7) is 17.4. The van der Waals surface area contributed by atoms with Crippen LogP contribution in [0.3, 0.4) is 0 Å². The summed E-state index contributed by atoms with van der Waals surface area (Å²) in [7, 11) is 0. The van der Waals surface area contributed by atoms with Crippen LogP contribution in [-0.4, -0.2) is 10.2 Å². The lowest BCUT2D eigenvalue weighted by Crippen LogP contribution is -2.12. The fourth-order valence-electron chi connectivity index (χ4n) is 4.64. The van der Waals surface area contributed by atoms with Crippen LogP contribution in [0.15, 0.2) is 24.3 Å². The Hall–Kier alpha value is -1.96. The molecule has 0 unspecified atom stereocenters. The molecule has 0 saturated carbocycles. The number of benzene rings is 2. The molecule has 0 atom stereocenters. The highest BCUT2D eigenvalue weighted by atomic mass is 16.3. The van der Waals surface area contributed by atoms with E-state index in [-0.39, 0.29) is 10.8 Å². The van der Waals surface area contributed by atoms with Gasteiger partial charge in [0.05, 0.1) is 0 Å². The molecule has 0 aromatic heterocycles. The first-order chi connectivity index (χ1) is 15.8. The predicted molar refractivity (Wildman–Crippen MR) is 147 cm³/mol. The van der Waals surface area contributed by atoms with E-state index in [1.54, 1.807) is 0 Å². The Labute approximate surface area is 209 Å². The molecule has 2 rings (SSSR count). The van der Waals surface area contributed by atoms with Crippen LogP contribution in [0.5, 0.6) is 11.5 Å². The Balaban J connectivity index is 1.66. The van der Waals surface area contributed by atoms with E-state index in [9.17, 15) is 10.2 Å². The number of hydrogen-bond donors (Lipinski definition) is 2. The smallest absolute Gasteiger partial charge is 0.121 e. The Morgan fingerprint density at radius 1 is 0.500 bits per heavy atom. The van der Waals surface area contributed by atoms with Gasteiger partial charge in [0.15, 0.2) is 0 Å². The predicted octanol–water partition coefficient (Wildman–Crippen LogP) is 9.22. The summed E-state index contributed by atoms with van der Waals surface area (Å²) >= 11 is 0. The summed E-state index contributed by atoms with van der Waals surface area (Å²) < 4.78 is 0. The molecule has 0 saturated heterocycles. The van der Waals surface area contributed by atoms with Gasteiger partial charge in [0.25, 0.3) is 0 Å². The summed E-state index contributed by atoms with van der Waals surface area (Å²) in [5.74, 6) is 0.976. The average molecular weight is 467 g/mol. The van der Waals surface area contributed by atoms with Crippen LogP contribution in [0.4, 0.5) is 0 Å². The minimum Gasteiger partial charge on any atom is -0.507 e. The van der Waals surface area contributed by atoms with Gasteiger partial charge in [-0.15, -0.1) is 0 Å². The van der Waals surface area contributed by atoms with E-state index in [1.165, 1.54) is 49.7 Å². The van der Waals surface area contributed by atoms with Crippen LogP contribution in [0, 0.1) is 13.8 Å². The second kappa shape index (κ2) is 12.1. The number of aryl methyl sites for hydroxylation is 4. The Kier molecular flexibility index (Phi) is 10.1. The molecule has 0 heterocycles. The minimum absolute atomic E-state index is 0.111. The van der Waals surface area contributed by atoms with E-state index in [4.69, 9.17) is 0 Å². The highest BCUT2D eigenvalue weighted by Gasteiger charge is 2.18. The first-order valence-corrected chi connectivity index (χ1v) is 13.5. The molecular formula is C32H50O2. The van der Waals surface area contributed by atoms with Crippen LogP contribution < -0.4 is 0 Å². The number of aromatic hydroxyl groups is 2. The first kappa shape index (κ1) is 28.3. The van der Waals surface area contributed by atoms with Gasteiger partial charge in [-0.25, -0.2) is 0 Å². The van der Waals surface area contributed by atoms with Crippen LogP contribution in [0.1, 0.15) is 126 Å². The summed E-state index contributed by atoms with van der Waals surface area (Å²) in [5.41, 5.74) is 7.06. The van der Waals surface area contributed by atoms with Crippen molar-refractivity contribution >= 4 is 0 Å². The van der Waals surface area contributed by atoms with E-state index in [2.05, 4.69) is 65.8 Å². The molecule has 2 aromatic carbocycles. The largest absolute Gasteiger partial charge is 0.507 e.